The minimum absolute atomic E-state index is 0.503. The van der Waals surface area contributed by atoms with Crippen molar-refractivity contribution in [2.75, 3.05) is 6.61 Å². The molecule has 0 saturated heterocycles. The van der Waals surface area contributed by atoms with E-state index >= 15 is 0 Å². The zero-order valence-electron chi connectivity index (χ0n) is 10.3. The van der Waals surface area contributed by atoms with Gasteiger partial charge in [0, 0.05) is 24.1 Å². The van der Waals surface area contributed by atoms with Crippen LogP contribution in [-0.2, 0) is 0 Å². The third-order valence-corrected chi connectivity index (χ3v) is 4.00. The third kappa shape index (κ3) is 2.47. The van der Waals surface area contributed by atoms with Gasteiger partial charge in [-0.15, -0.1) is 0 Å². The van der Waals surface area contributed by atoms with Crippen LogP contribution >= 0.6 is 0 Å². The van der Waals surface area contributed by atoms with Gasteiger partial charge in [-0.25, -0.2) is 0 Å². The van der Waals surface area contributed by atoms with Crippen LogP contribution in [0, 0.1) is 0 Å². The fourth-order valence-electron chi connectivity index (χ4n) is 3.07. The Morgan fingerprint density at radius 3 is 2.71 bits per heavy atom. The molecule has 1 aliphatic heterocycles. The smallest absolute Gasteiger partial charge is 0.124 e. The second-order valence-corrected chi connectivity index (χ2v) is 5.23. The first-order chi connectivity index (χ1) is 8.43. The van der Waals surface area contributed by atoms with Crippen LogP contribution in [0.4, 0.5) is 0 Å². The number of para-hydroxylation sites is 1. The van der Waals surface area contributed by atoms with Crippen LogP contribution in [0.15, 0.2) is 24.3 Å². The fourth-order valence-corrected chi connectivity index (χ4v) is 3.07. The van der Waals surface area contributed by atoms with E-state index < -0.39 is 0 Å². The highest BCUT2D eigenvalue weighted by Crippen LogP contribution is 2.33. The summed E-state index contributed by atoms with van der Waals surface area (Å²) in [5.41, 5.74) is 1.35. The van der Waals surface area contributed by atoms with Gasteiger partial charge in [-0.3, -0.25) is 0 Å². The van der Waals surface area contributed by atoms with Crippen LogP contribution < -0.4 is 10.1 Å². The molecule has 1 heterocycles. The van der Waals surface area contributed by atoms with E-state index in [2.05, 4.69) is 29.6 Å². The van der Waals surface area contributed by atoms with Crippen molar-refractivity contribution in [2.24, 2.45) is 0 Å². The standard InChI is InChI=1S/C15H21NO/c1-2-6-12(7-3-1)16-14-10-11-17-15-9-5-4-8-13(14)15/h4-5,8-9,12,14,16H,1-3,6-7,10-11H2/t14-/m1/s1. The van der Waals surface area contributed by atoms with Gasteiger partial charge in [0.25, 0.3) is 0 Å². The molecule has 1 aromatic rings. The summed E-state index contributed by atoms with van der Waals surface area (Å²) in [5.74, 6) is 1.08. The average Bonchev–Trinajstić information content (AvgIpc) is 2.40. The summed E-state index contributed by atoms with van der Waals surface area (Å²) < 4.78 is 5.70. The molecule has 1 saturated carbocycles. The molecular weight excluding hydrogens is 210 g/mol. The van der Waals surface area contributed by atoms with Gasteiger partial charge >= 0.3 is 0 Å². The Morgan fingerprint density at radius 2 is 1.82 bits per heavy atom. The summed E-state index contributed by atoms with van der Waals surface area (Å²) in [6.45, 7) is 0.849. The predicted molar refractivity (Wildman–Crippen MR) is 69.3 cm³/mol. The van der Waals surface area contributed by atoms with E-state index in [0.717, 1.165) is 24.8 Å². The minimum atomic E-state index is 0.503. The first kappa shape index (κ1) is 11.1. The van der Waals surface area contributed by atoms with E-state index in [1.807, 2.05) is 0 Å². The van der Waals surface area contributed by atoms with Crippen molar-refractivity contribution in [3.05, 3.63) is 29.8 Å². The Bertz CT molecular complexity index is 371. The molecule has 0 unspecified atom stereocenters. The molecule has 2 nitrogen and oxygen atoms in total. The first-order valence-corrected chi connectivity index (χ1v) is 6.91. The summed E-state index contributed by atoms with van der Waals surface area (Å²) in [4.78, 5) is 0. The average molecular weight is 231 g/mol. The van der Waals surface area contributed by atoms with Gasteiger partial charge in [0.2, 0.25) is 0 Å². The number of fused-ring (bicyclic) bond motifs is 1. The monoisotopic (exact) mass is 231 g/mol. The zero-order valence-corrected chi connectivity index (χ0v) is 10.3. The Kier molecular flexibility index (Phi) is 3.32. The van der Waals surface area contributed by atoms with Crippen LogP contribution in [0.3, 0.4) is 0 Å². The van der Waals surface area contributed by atoms with E-state index in [-0.39, 0.29) is 0 Å². The molecule has 1 N–H and O–H groups in total. The lowest BCUT2D eigenvalue weighted by molar-refractivity contribution is 0.233. The predicted octanol–water partition coefficient (Wildman–Crippen LogP) is 3.43. The molecule has 1 fully saturated rings. The molecule has 92 valence electrons. The number of ether oxygens (including phenoxy) is 1. The molecule has 17 heavy (non-hydrogen) atoms. The van der Waals surface area contributed by atoms with Gasteiger partial charge < -0.3 is 10.1 Å². The topological polar surface area (TPSA) is 21.3 Å². The highest BCUT2D eigenvalue weighted by Gasteiger charge is 2.24. The second-order valence-electron chi connectivity index (χ2n) is 5.23. The summed E-state index contributed by atoms with van der Waals surface area (Å²) in [6, 6.07) is 9.69. The van der Waals surface area contributed by atoms with Crippen LogP contribution in [0.5, 0.6) is 5.75 Å². The molecule has 0 radical (unpaired) electrons. The summed E-state index contributed by atoms with van der Waals surface area (Å²) in [5, 5.41) is 3.83. The minimum Gasteiger partial charge on any atom is -0.493 e. The quantitative estimate of drug-likeness (QED) is 0.842. The normalized spacial score (nSPS) is 25.1. The number of hydrogen-bond donors (Lipinski definition) is 1. The molecule has 1 aliphatic carbocycles. The lowest BCUT2D eigenvalue weighted by Crippen LogP contribution is -2.36. The van der Waals surface area contributed by atoms with Crippen LogP contribution in [0.1, 0.15) is 50.1 Å². The van der Waals surface area contributed by atoms with E-state index in [1.165, 1.54) is 37.7 Å². The first-order valence-electron chi connectivity index (χ1n) is 6.91. The molecular formula is C15H21NO. The maximum atomic E-state index is 5.70. The van der Waals surface area contributed by atoms with E-state index in [4.69, 9.17) is 4.74 Å². The van der Waals surface area contributed by atoms with Crippen LogP contribution in [-0.4, -0.2) is 12.6 Å². The van der Waals surface area contributed by atoms with Crippen molar-refractivity contribution in [1.82, 2.24) is 5.32 Å². The SMILES string of the molecule is c1ccc2c(c1)OCC[C@H]2NC1CCCCC1. The molecule has 0 amide bonds. The zero-order chi connectivity index (χ0) is 11.5. The van der Waals surface area contributed by atoms with Gasteiger partial charge in [0.1, 0.15) is 5.75 Å². The molecule has 0 aromatic heterocycles. The molecule has 0 bridgehead atoms. The van der Waals surface area contributed by atoms with Crippen LogP contribution in [0.25, 0.3) is 0 Å². The van der Waals surface area contributed by atoms with E-state index in [0.29, 0.717) is 6.04 Å². The van der Waals surface area contributed by atoms with Crippen molar-refractivity contribution in [2.45, 2.75) is 50.6 Å². The van der Waals surface area contributed by atoms with Gasteiger partial charge in [0.15, 0.2) is 0 Å². The summed E-state index contributed by atoms with van der Waals surface area (Å²) in [6.07, 6.45) is 8.00. The molecule has 2 heteroatoms. The van der Waals surface area contributed by atoms with Crippen molar-refractivity contribution in [3.8, 4) is 5.75 Å². The number of nitrogens with one attached hydrogen (secondary N) is 1. The summed E-state index contributed by atoms with van der Waals surface area (Å²) in [7, 11) is 0. The Balaban J connectivity index is 1.71. The molecule has 3 rings (SSSR count). The van der Waals surface area contributed by atoms with Crippen molar-refractivity contribution in [3.63, 3.8) is 0 Å². The van der Waals surface area contributed by atoms with Crippen molar-refractivity contribution < 1.29 is 4.74 Å². The maximum absolute atomic E-state index is 5.70. The van der Waals surface area contributed by atoms with Gasteiger partial charge in [0.05, 0.1) is 6.61 Å². The van der Waals surface area contributed by atoms with Crippen LogP contribution in [0.2, 0.25) is 0 Å². The van der Waals surface area contributed by atoms with Gasteiger partial charge in [-0.2, -0.15) is 0 Å². The highest BCUT2D eigenvalue weighted by atomic mass is 16.5. The molecule has 1 aromatic carbocycles. The van der Waals surface area contributed by atoms with Crippen molar-refractivity contribution in [1.29, 1.82) is 0 Å². The maximum Gasteiger partial charge on any atom is 0.124 e. The van der Waals surface area contributed by atoms with Crippen molar-refractivity contribution >= 4 is 0 Å². The Labute approximate surface area is 103 Å². The largest absolute Gasteiger partial charge is 0.493 e. The highest BCUT2D eigenvalue weighted by molar-refractivity contribution is 5.37. The van der Waals surface area contributed by atoms with E-state index in [1.54, 1.807) is 0 Å². The van der Waals surface area contributed by atoms with E-state index in [9.17, 15) is 0 Å². The number of rotatable bonds is 2. The Hall–Kier alpha value is -1.02. The van der Waals surface area contributed by atoms with Gasteiger partial charge in [-0.05, 0) is 18.9 Å². The molecule has 2 aliphatic rings. The number of hydrogen-bond acceptors (Lipinski definition) is 2. The fraction of sp³-hybridized carbons (Fsp3) is 0.600. The lowest BCUT2D eigenvalue weighted by atomic mass is 9.92. The third-order valence-electron chi connectivity index (χ3n) is 4.00. The molecule has 0 spiro atoms. The summed E-state index contributed by atoms with van der Waals surface area (Å²) >= 11 is 0. The number of benzene rings is 1. The Morgan fingerprint density at radius 1 is 1.00 bits per heavy atom. The molecule has 1 atom stereocenters. The second kappa shape index (κ2) is 5.09. The lowest BCUT2D eigenvalue weighted by Gasteiger charge is -2.32. The van der Waals surface area contributed by atoms with Gasteiger partial charge in [-0.1, -0.05) is 37.5 Å².